The molecule has 124 valence electrons. The van der Waals surface area contributed by atoms with E-state index >= 15 is 0 Å². The van der Waals surface area contributed by atoms with Crippen LogP contribution in [0.25, 0.3) is 0 Å². The van der Waals surface area contributed by atoms with Gasteiger partial charge in [0.05, 0.1) is 0 Å². The summed E-state index contributed by atoms with van der Waals surface area (Å²) in [6.07, 6.45) is 18.2. The Morgan fingerprint density at radius 2 is 1.50 bits per heavy atom. The van der Waals surface area contributed by atoms with Gasteiger partial charge < -0.3 is 5.11 Å². The van der Waals surface area contributed by atoms with Gasteiger partial charge in [0.1, 0.15) is 5.75 Å². The van der Waals surface area contributed by atoms with Gasteiger partial charge in [-0.05, 0) is 61.3 Å². The van der Waals surface area contributed by atoms with Crippen molar-refractivity contribution in [2.75, 3.05) is 0 Å². The summed E-state index contributed by atoms with van der Waals surface area (Å²) < 4.78 is 0. The van der Waals surface area contributed by atoms with E-state index in [0.29, 0.717) is 5.75 Å². The molecule has 0 bridgehead atoms. The zero-order chi connectivity index (χ0) is 15.6. The molecule has 1 aliphatic rings. The molecular weight excluding hydrogens is 268 g/mol. The fourth-order valence-electron chi connectivity index (χ4n) is 3.78. The Kier molecular flexibility index (Phi) is 7.83. The van der Waals surface area contributed by atoms with E-state index in [1.54, 1.807) is 0 Å². The summed E-state index contributed by atoms with van der Waals surface area (Å²) in [5.74, 6) is 0.547. The second kappa shape index (κ2) is 9.92. The zero-order valence-electron chi connectivity index (χ0n) is 14.5. The van der Waals surface area contributed by atoms with Crippen LogP contribution in [0.2, 0.25) is 0 Å². The predicted molar refractivity (Wildman–Crippen MR) is 95.7 cm³/mol. The van der Waals surface area contributed by atoms with E-state index < -0.39 is 0 Å². The number of fused-ring (bicyclic) bond motifs is 1. The van der Waals surface area contributed by atoms with Gasteiger partial charge in [-0.3, -0.25) is 0 Å². The van der Waals surface area contributed by atoms with Gasteiger partial charge in [0.25, 0.3) is 0 Å². The summed E-state index contributed by atoms with van der Waals surface area (Å²) in [4.78, 5) is 0. The molecule has 0 amide bonds. The molecule has 22 heavy (non-hydrogen) atoms. The molecule has 0 fully saturated rings. The van der Waals surface area contributed by atoms with Gasteiger partial charge in [0.15, 0.2) is 0 Å². The van der Waals surface area contributed by atoms with Crippen LogP contribution in [0, 0.1) is 0 Å². The first kappa shape index (κ1) is 17.4. The molecule has 1 aliphatic carbocycles. The van der Waals surface area contributed by atoms with E-state index in [-0.39, 0.29) is 0 Å². The van der Waals surface area contributed by atoms with Crippen molar-refractivity contribution >= 4 is 0 Å². The number of benzene rings is 1. The number of unbranched alkanes of at least 4 members (excludes halogenated alkanes) is 6. The molecule has 0 spiro atoms. The fraction of sp³-hybridized carbons (Fsp3) is 0.714. The molecule has 0 unspecified atom stereocenters. The molecule has 0 aliphatic heterocycles. The standard InChI is InChI=1S/C21H34O/c1-2-3-4-5-6-7-12-15-20-19-14-11-9-8-10-13-18(19)16-17-21(20)22/h16-17,22H,2-15H2,1H3. The molecule has 0 radical (unpaired) electrons. The average Bonchev–Trinajstić information content (AvgIpc) is 2.49. The minimum absolute atomic E-state index is 0.547. The maximum absolute atomic E-state index is 10.3. The topological polar surface area (TPSA) is 20.2 Å². The summed E-state index contributed by atoms with van der Waals surface area (Å²) in [7, 11) is 0. The second-order valence-corrected chi connectivity index (χ2v) is 6.99. The summed E-state index contributed by atoms with van der Waals surface area (Å²) in [6.45, 7) is 2.27. The van der Waals surface area contributed by atoms with Crippen LogP contribution < -0.4 is 0 Å². The van der Waals surface area contributed by atoms with Crippen molar-refractivity contribution < 1.29 is 5.11 Å². The number of hydrogen-bond acceptors (Lipinski definition) is 1. The van der Waals surface area contributed by atoms with E-state index in [2.05, 4.69) is 13.0 Å². The van der Waals surface area contributed by atoms with Gasteiger partial charge >= 0.3 is 0 Å². The lowest BCUT2D eigenvalue weighted by molar-refractivity contribution is 0.463. The lowest BCUT2D eigenvalue weighted by atomic mass is 9.87. The smallest absolute Gasteiger partial charge is 0.119 e. The van der Waals surface area contributed by atoms with Crippen molar-refractivity contribution in [3.8, 4) is 5.75 Å². The number of hydrogen-bond donors (Lipinski definition) is 1. The Morgan fingerprint density at radius 1 is 0.818 bits per heavy atom. The van der Waals surface area contributed by atoms with Crippen LogP contribution in [-0.4, -0.2) is 5.11 Å². The van der Waals surface area contributed by atoms with Gasteiger partial charge in [-0.1, -0.05) is 64.4 Å². The minimum atomic E-state index is 0.547. The highest BCUT2D eigenvalue weighted by Crippen LogP contribution is 2.30. The molecule has 1 nitrogen and oxygen atoms in total. The Hall–Kier alpha value is -0.980. The maximum Gasteiger partial charge on any atom is 0.119 e. The summed E-state index contributed by atoms with van der Waals surface area (Å²) in [6, 6.07) is 4.11. The Bertz CT molecular complexity index is 436. The molecule has 1 heteroatoms. The highest BCUT2D eigenvalue weighted by molar-refractivity contribution is 5.45. The van der Waals surface area contributed by atoms with Crippen molar-refractivity contribution in [3.05, 3.63) is 28.8 Å². The molecule has 0 atom stereocenters. The first-order chi connectivity index (χ1) is 10.8. The maximum atomic E-state index is 10.3. The molecule has 0 aromatic heterocycles. The minimum Gasteiger partial charge on any atom is -0.508 e. The molecule has 2 rings (SSSR count). The number of aryl methyl sites for hydroxylation is 1. The number of phenolic OH excluding ortho intramolecular Hbond substituents is 1. The third-order valence-electron chi connectivity index (χ3n) is 5.16. The quantitative estimate of drug-likeness (QED) is 0.555. The lowest BCUT2D eigenvalue weighted by Crippen LogP contribution is -2.04. The van der Waals surface area contributed by atoms with E-state index in [1.165, 1.54) is 100 Å². The number of rotatable bonds is 8. The van der Waals surface area contributed by atoms with Crippen LogP contribution in [-0.2, 0) is 19.3 Å². The van der Waals surface area contributed by atoms with Crippen LogP contribution in [0.3, 0.4) is 0 Å². The summed E-state index contributed by atoms with van der Waals surface area (Å²) >= 11 is 0. The highest BCUT2D eigenvalue weighted by Gasteiger charge is 2.14. The van der Waals surface area contributed by atoms with Crippen molar-refractivity contribution in [1.29, 1.82) is 0 Å². The highest BCUT2D eigenvalue weighted by atomic mass is 16.3. The van der Waals surface area contributed by atoms with E-state index in [1.807, 2.05) is 6.07 Å². The Labute approximate surface area is 137 Å². The van der Waals surface area contributed by atoms with Gasteiger partial charge in [-0.15, -0.1) is 0 Å². The average molecular weight is 303 g/mol. The SMILES string of the molecule is CCCCCCCCCc1c(O)ccc2c1CCCCCC2. The summed E-state index contributed by atoms with van der Waals surface area (Å²) in [5.41, 5.74) is 4.27. The van der Waals surface area contributed by atoms with Crippen molar-refractivity contribution in [1.82, 2.24) is 0 Å². The molecule has 0 saturated carbocycles. The molecule has 1 aromatic rings. The number of aromatic hydroxyl groups is 1. The van der Waals surface area contributed by atoms with Crippen molar-refractivity contribution in [3.63, 3.8) is 0 Å². The van der Waals surface area contributed by atoms with Crippen LogP contribution in [0.5, 0.6) is 5.75 Å². The second-order valence-electron chi connectivity index (χ2n) is 6.99. The van der Waals surface area contributed by atoms with Gasteiger partial charge in [-0.2, -0.15) is 0 Å². The van der Waals surface area contributed by atoms with Gasteiger partial charge in [-0.25, -0.2) is 0 Å². The van der Waals surface area contributed by atoms with E-state index in [4.69, 9.17) is 0 Å². The van der Waals surface area contributed by atoms with Crippen LogP contribution in [0.1, 0.15) is 94.2 Å². The van der Waals surface area contributed by atoms with Crippen LogP contribution in [0.15, 0.2) is 12.1 Å². The Morgan fingerprint density at radius 3 is 2.27 bits per heavy atom. The summed E-state index contributed by atoms with van der Waals surface area (Å²) in [5, 5.41) is 10.3. The molecular formula is C21H34O. The van der Waals surface area contributed by atoms with Crippen molar-refractivity contribution in [2.45, 2.75) is 96.8 Å². The zero-order valence-corrected chi connectivity index (χ0v) is 14.5. The third kappa shape index (κ3) is 5.34. The molecule has 0 saturated heterocycles. The molecule has 1 aromatic carbocycles. The first-order valence-corrected chi connectivity index (χ1v) is 9.65. The molecule has 0 heterocycles. The van der Waals surface area contributed by atoms with E-state index in [0.717, 1.165) is 6.42 Å². The van der Waals surface area contributed by atoms with Crippen molar-refractivity contribution in [2.24, 2.45) is 0 Å². The van der Waals surface area contributed by atoms with Crippen LogP contribution in [0.4, 0.5) is 0 Å². The largest absolute Gasteiger partial charge is 0.508 e. The normalized spacial score (nSPS) is 15.1. The van der Waals surface area contributed by atoms with Gasteiger partial charge in [0, 0.05) is 0 Å². The molecule has 1 N–H and O–H groups in total. The first-order valence-electron chi connectivity index (χ1n) is 9.65. The monoisotopic (exact) mass is 302 g/mol. The number of phenols is 1. The lowest BCUT2D eigenvalue weighted by Gasteiger charge is -2.19. The third-order valence-corrected chi connectivity index (χ3v) is 5.16. The van der Waals surface area contributed by atoms with E-state index in [9.17, 15) is 5.11 Å². The predicted octanol–water partition coefficient (Wildman–Crippen LogP) is 6.34. The Balaban J connectivity index is 1.88. The van der Waals surface area contributed by atoms with Crippen LogP contribution >= 0.6 is 0 Å². The fourth-order valence-corrected chi connectivity index (χ4v) is 3.78. The van der Waals surface area contributed by atoms with Gasteiger partial charge in [0.2, 0.25) is 0 Å².